The Kier molecular flexibility index (Phi) is 4.63. The normalized spacial score (nSPS) is 12.9. The molecule has 0 aliphatic rings. The molecule has 0 bridgehead atoms. The van der Waals surface area contributed by atoms with Gasteiger partial charge in [0.15, 0.2) is 0 Å². The highest BCUT2D eigenvalue weighted by Gasteiger charge is 2.08. The van der Waals surface area contributed by atoms with Crippen molar-refractivity contribution in [2.45, 2.75) is 39.2 Å². The van der Waals surface area contributed by atoms with Gasteiger partial charge in [-0.3, -0.25) is 0 Å². The molecule has 0 saturated heterocycles. The summed E-state index contributed by atoms with van der Waals surface area (Å²) in [5.41, 5.74) is 8.69. The van der Waals surface area contributed by atoms with Crippen LogP contribution in [0.3, 0.4) is 0 Å². The van der Waals surface area contributed by atoms with E-state index in [0.29, 0.717) is 0 Å². The first-order chi connectivity index (χ1) is 6.65. The van der Waals surface area contributed by atoms with Gasteiger partial charge in [-0.1, -0.05) is 41.8 Å². The summed E-state index contributed by atoms with van der Waals surface area (Å²) in [5.74, 6) is 0. The van der Waals surface area contributed by atoms with E-state index >= 15 is 0 Å². The molecule has 2 heteroatoms. The molecule has 0 aliphatic heterocycles. The molecule has 1 atom stereocenters. The van der Waals surface area contributed by atoms with Gasteiger partial charge in [0, 0.05) is 10.5 Å². The third-order valence-corrected chi connectivity index (χ3v) is 3.00. The van der Waals surface area contributed by atoms with Crippen molar-refractivity contribution in [1.29, 1.82) is 0 Å². The monoisotopic (exact) mass is 255 g/mol. The lowest BCUT2D eigenvalue weighted by Gasteiger charge is -2.14. The van der Waals surface area contributed by atoms with Gasteiger partial charge >= 0.3 is 0 Å². The third kappa shape index (κ3) is 3.10. The largest absolute Gasteiger partial charge is 0.324 e. The van der Waals surface area contributed by atoms with Crippen LogP contribution in [0.25, 0.3) is 0 Å². The predicted molar refractivity (Wildman–Crippen MR) is 65.3 cm³/mol. The van der Waals surface area contributed by atoms with Crippen molar-refractivity contribution < 1.29 is 0 Å². The lowest BCUT2D eigenvalue weighted by molar-refractivity contribution is 0.601. The molecule has 78 valence electrons. The quantitative estimate of drug-likeness (QED) is 0.867. The number of nitrogens with two attached hydrogens (primary N) is 1. The highest BCUT2D eigenvalue weighted by molar-refractivity contribution is 9.10. The number of hydrogen-bond acceptors (Lipinski definition) is 1. The van der Waals surface area contributed by atoms with Gasteiger partial charge < -0.3 is 5.73 Å². The van der Waals surface area contributed by atoms with Crippen LogP contribution in [0.4, 0.5) is 0 Å². The number of halogens is 1. The van der Waals surface area contributed by atoms with Crippen LogP contribution in [0.1, 0.15) is 43.4 Å². The maximum Gasteiger partial charge on any atom is 0.0297 e. The molecule has 0 radical (unpaired) electrons. The Morgan fingerprint density at radius 2 is 2.14 bits per heavy atom. The molecular weight excluding hydrogens is 238 g/mol. The van der Waals surface area contributed by atoms with Crippen molar-refractivity contribution in [3.63, 3.8) is 0 Å². The van der Waals surface area contributed by atoms with Gasteiger partial charge in [0.1, 0.15) is 0 Å². The molecule has 1 rings (SSSR count). The maximum atomic E-state index is 6.13. The van der Waals surface area contributed by atoms with E-state index in [-0.39, 0.29) is 6.04 Å². The van der Waals surface area contributed by atoms with Crippen molar-refractivity contribution in [1.82, 2.24) is 0 Å². The lowest BCUT2D eigenvalue weighted by Crippen LogP contribution is -2.11. The van der Waals surface area contributed by atoms with Crippen LogP contribution in [0, 0.1) is 6.92 Å². The van der Waals surface area contributed by atoms with E-state index in [0.717, 1.165) is 10.9 Å². The molecule has 0 amide bonds. The summed E-state index contributed by atoms with van der Waals surface area (Å²) in [6.45, 7) is 4.31. The number of benzene rings is 1. The molecule has 14 heavy (non-hydrogen) atoms. The molecule has 0 spiro atoms. The maximum absolute atomic E-state index is 6.13. The fourth-order valence-corrected chi connectivity index (χ4v) is 1.97. The van der Waals surface area contributed by atoms with Crippen LogP contribution >= 0.6 is 15.9 Å². The fourth-order valence-electron chi connectivity index (χ4n) is 1.59. The SMILES string of the molecule is CCCC[C@H](N)c1cc(Br)ccc1C. The molecule has 0 unspecified atom stereocenters. The van der Waals surface area contributed by atoms with Gasteiger partial charge in [0.05, 0.1) is 0 Å². The van der Waals surface area contributed by atoms with Crippen molar-refractivity contribution >= 4 is 15.9 Å². The zero-order chi connectivity index (χ0) is 10.6. The summed E-state index contributed by atoms with van der Waals surface area (Å²) in [4.78, 5) is 0. The van der Waals surface area contributed by atoms with Crippen LogP contribution < -0.4 is 5.73 Å². The standard InChI is InChI=1S/C12H18BrN/c1-3-4-5-12(14)11-8-10(13)7-6-9(11)2/h6-8,12H,3-5,14H2,1-2H3/t12-/m0/s1. The van der Waals surface area contributed by atoms with Gasteiger partial charge in [-0.2, -0.15) is 0 Å². The highest BCUT2D eigenvalue weighted by atomic mass is 79.9. The molecule has 2 N–H and O–H groups in total. The molecule has 1 nitrogen and oxygen atoms in total. The average Bonchev–Trinajstić information content (AvgIpc) is 2.18. The number of aryl methyl sites for hydroxylation is 1. The van der Waals surface area contributed by atoms with E-state index in [9.17, 15) is 0 Å². The first-order valence-electron chi connectivity index (χ1n) is 5.16. The van der Waals surface area contributed by atoms with E-state index < -0.39 is 0 Å². The Morgan fingerprint density at radius 3 is 2.79 bits per heavy atom. The zero-order valence-corrected chi connectivity index (χ0v) is 10.5. The van der Waals surface area contributed by atoms with Crippen LogP contribution in [-0.2, 0) is 0 Å². The lowest BCUT2D eigenvalue weighted by atomic mass is 9.98. The molecule has 0 saturated carbocycles. The molecule has 1 aromatic carbocycles. The topological polar surface area (TPSA) is 26.0 Å². The summed E-state index contributed by atoms with van der Waals surface area (Å²) in [6, 6.07) is 6.50. The fraction of sp³-hybridized carbons (Fsp3) is 0.500. The van der Waals surface area contributed by atoms with Gasteiger partial charge in [-0.15, -0.1) is 0 Å². The number of rotatable bonds is 4. The summed E-state index contributed by atoms with van der Waals surface area (Å²) in [7, 11) is 0. The second-order valence-corrected chi connectivity index (χ2v) is 4.67. The zero-order valence-electron chi connectivity index (χ0n) is 8.89. The third-order valence-electron chi connectivity index (χ3n) is 2.51. The molecule has 0 fully saturated rings. The second kappa shape index (κ2) is 5.52. The number of hydrogen-bond donors (Lipinski definition) is 1. The van der Waals surface area contributed by atoms with Crippen molar-refractivity contribution in [2.24, 2.45) is 5.73 Å². The van der Waals surface area contributed by atoms with Gasteiger partial charge in [-0.05, 0) is 36.6 Å². The smallest absolute Gasteiger partial charge is 0.0297 e. The van der Waals surface area contributed by atoms with Gasteiger partial charge in [-0.25, -0.2) is 0 Å². The predicted octanol–water partition coefficient (Wildman–Crippen LogP) is 3.95. The van der Waals surface area contributed by atoms with Gasteiger partial charge in [0.25, 0.3) is 0 Å². The van der Waals surface area contributed by atoms with Gasteiger partial charge in [0.2, 0.25) is 0 Å². The molecule has 1 aromatic rings. The van der Waals surface area contributed by atoms with Crippen LogP contribution in [0.2, 0.25) is 0 Å². The summed E-state index contributed by atoms with van der Waals surface area (Å²) in [5, 5.41) is 0. The Morgan fingerprint density at radius 1 is 1.43 bits per heavy atom. The first kappa shape index (κ1) is 11.7. The molecule has 0 heterocycles. The number of unbranched alkanes of at least 4 members (excludes halogenated alkanes) is 1. The van der Waals surface area contributed by atoms with Crippen LogP contribution in [0.5, 0.6) is 0 Å². The molecule has 0 aliphatic carbocycles. The minimum absolute atomic E-state index is 0.187. The Bertz CT molecular complexity index is 296. The first-order valence-corrected chi connectivity index (χ1v) is 5.96. The summed E-state index contributed by atoms with van der Waals surface area (Å²) < 4.78 is 1.12. The minimum atomic E-state index is 0.187. The van der Waals surface area contributed by atoms with Crippen molar-refractivity contribution in [3.05, 3.63) is 33.8 Å². The Labute approximate surface area is 94.8 Å². The highest BCUT2D eigenvalue weighted by Crippen LogP contribution is 2.23. The molecular formula is C12H18BrN. The Hall–Kier alpha value is -0.340. The minimum Gasteiger partial charge on any atom is -0.324 e. The van der Waals surface area contributed by atoms with E-state index in [1.54, 1.807) is 0 Å². The molecule has 0 aromatic heterocycles. The van der Waals surface area contributed by atoms with Crippen LogP contribution in [-0.4, -0.2) is 0 Å². The van der Waals surface area contributed by atoms with E-state index in [1.165, 1.54) is 24.0 Å². The van der Waals surface area contributed by atoms with E-state index in [4.69, 9.17) is 5.73 Å². The van der Waals surface area contributed by atoms with E-state index in [1.807, 2.05) is 0 Å². The van der Waals surface area contributed by atoms with Crippen molar-refractivity contribution in [3.8, 4) is 0 Å². The Balaban J connectivity index is 2.77. The van der Waals surface area contributed by atoms with Crippen molar-refractivity contribution in [2.75, 3.05) is 0 Å². The van der Waals surface area contributed by atoms with E-state index in [2.05, 4.69) is 48.0 Å². The second-order valence-electron chi connectivity index (χ2n) is 3.75. The van der Waals surface area contributed by atoms with Crippen LogP contribution in [0.15, 0.2) is 22.7 Å². The summed E-state index contributed by atoms with van der Waals surface area (Å²) in [6.07, 6.45) is 3.49. The average molecular weight is 256 g/mol. The summed E-state index contributed by atoms with van der Waals surface area (Å²) >= 11 is 3.48.